The lowest BCUT2D eigenvalue weighted by Gasteiger charge is -2.49. The number of aromatic hydroxyl groups is 1. The van der Waals surface area contributed by atoms with Gasteiger partial charge < -0.3 is 10.0 Å². The molecule has 0 unspecified atom stereocenters. The number of carbonyl (C=O) groups is 1. The number of nitrogens with zero attached hydrogens (tertiary/aromatic N) is 1. The molecule has 1 aliphatic heterocycles. The molecule has 1 N–H and O–H groups in total. The van der Waals surface area contributed by atoms with Crippen LogP contribution in [0.1, 0.15) is 46.3 Å². The second kappa shape index (κ2) is 5.50. The van der Waals surface area contributed by atoms with Crippen molar-refractivity contribution in [3.05, 3.63) is 51.5 Å². The van der Waals surface area contributed by atoms with Crippen molar-refractivity contribution < 1.29 is 9.90 Å². The maximum absolute atomic E-state index is 13.3. The molecule has 1 saturated carbocycles. The van der Waals surface area contributed by atoms with Crippen LogP contribution in [-0.4, -0.2) is 17.4 Å². The Morgan fingerprint density at radius 2 is 1.68 bits per heavy atom. The van der Waals surface area contributed by atoms with Crippen molar-refractivity contribution >= 4 is 28.8 Å². The Labute approximate surface area is 153 Å². The first-order valence-corrected chi connectivity index (χ1v) is 9.14. The van der Waals surface area contributed by atoms with Gasteiger partial charge in [-0.3, -0.25) is 4.79 Å². The van der Waals surface area contributed by atoms with Crippen molar-refractivity contribution in [1.29, 1.82) is 0 Å². The molecule has 2 aromatic rings. The van der Waals surface area contributed by atoms with Crippen LogP contribution in [-0.2, 0) is 0 Å². The molecule has 3 nitrogen and oxygen atoms in total. The quantitative estimate of drug-likeness (QED) is 0.736. The molecule has 1 aliphatic carbocycles. The number of phenolic OH excluding ortho intramolecular Hbond substituents is 1. The first-order chi connectivity index (χ1) is 11.9. The van der Waals surface area contributed by atoms with Gasteiger partial charge in [0.05, 0.1) is 11.1 Å². The maximum Gasteiger partial charge on any atom is 0.173 e. The standard InChI is InChI=1S/C21H22ClNO2/c1-12-13(2)19(24)14(3)17-18(12)23(16-7-5-15(22)6-8-16)11-21(20(17)25)9-4-10-21/h5-8,24H,4,9-11H2,1-3H3. The summed E-state index contributed by atoms with van der Waals surface area (Å²) in [5, 5.41) is 11.2. The van der Waals surface area contributed by atoms with Crippen molar-refractivity contribution in [1.82, 2.24) is 0 Å². The van der Waals surface area contributed by atoms with Crippen molar-refractivity contribution in [2.45, 2.75) is 40.0 Å². The molecule has 1 fully saturated rings. The van der Waals surface area contributed by atoms with Crippen LogP contribution in [0.15, 0.2) is 24.3 Å². The lowest BCUT2D eigenvalue weighted by molar-refractivity contribution is 0.0618. The summed E-state index contributed by atoms with van der Waals surface area (Å²) in [7, 11) is 0. The highest BCUT2D eigenvalue weighted by atomic mass is 35.5. The third kappa shape index (κ3) is 2.22. The highest BCUT2D eigenvalue weighted by Crippen LogP contribution is 2.54. The minimum absolute atomic E-state index is 0.204. The van der Waals surface area contributed by atoms with E-state index in [0.29, 0.717) is 22.7 Å². The van der Waals surface area contributed by atoms with Crippen molar-refractivity contribution in [2.24, 2.45) is 5.41 Å². The van der Waals surface area contributed by atoms with E-state index < -0.39 is 0 Å². The van der Waals surface area contributed by atoms with Crippen LogP contribution in [0.5, 0.6) is 5.75 Å². The van der Waals surface area contributed by atoms with Crippen LogP contribution in [0.4, 0.5) is 11.4 Å². The van der Waals surface area contributed by atoms with Gasteiger partial charge in [-0.2, -0.15) is 0 Å². The summed E-state index contributed by atoms with van der Waals surface area (Å²) in [6.07, 6.45) is 2.93. The smallest absolute Gasteiger partial charge is 0.173 e. The Morgan fingerprint density at radius 1 is 1.04 bits per heavy atom. The second-order valence-corrected chi connectivity index (χ2v) is 7.91. The fourth-order valence-corrected chi connectivity index (χ4v) is 4.41. The number of ketones is 1. The highest BCUT2D eigenvalue weighted by molar-refractivity contribution is 6.30. The molecule has 1 spiro atoms. The van der Waals surface area contributed by atoms with Gasteiger partial charge >= 0.3 is 0 Å². The minimum atomic E-state index is -0.314. The van der Waals surface area contributed by atoms with Crippen LogP contribution in [0, 0.1) is 26.2 Å². The average molecular weight is 356 g/mol. The van der Waals surface area contributed by atoms with Crippen molar-refractivity contribution in [3.63, 3.8) is 0 Å². The molecule has 4 rings (SSSR count). The summed E-state index contributed by atoms with van der Waals surface area (Å²) in [5.74, 6) is 0.451. The average Bonchev–Trinajstić information content (AvgIpc) is 2.57. The van der Waals surface area contributed by atoms with E-state index in [0.717, 1.165) is 41.8 Å². The van der Waals surface area contributed by atoms with E-state index in [1.165, 1.54) is 0 Å². The molecule has 1 heterocycles. The molecule has 2 aromatic carbocycles. The van der Waals surface area contributed by atoms with E-state index in [-0.39, 0.29) is 16.9 Å². The third-order valence-electron chi connectivity index (χ3n) is 6.13. The number of hydrogen-bond donors (Lipinski definition) is 1. The van der Waals surface area contributed by atoms with Crippen molar-refractivity contribution in [3.8, 4) is 5.75 Å². The number of fused-ring (bicyclic) bond motifs is 1. The number of hydrogen-bond acceptors (Lipinski definition) is 3. The van der Waals surface area contributed by atoms with Gasteiger partial charge in [0.15, 0.2) is 5.78 Å². The third-order valence-corrected chi connectivity index (χ3v) is 6.38. The number of Topliss-reactive ketones (excluding diaryl/α,β-unsaturated/α-hetero) is 1. The second-order valence-electron chi connectivity index (χ2n) is 7.47. The van der Waals surface area contributed by atoms with E-state index in [9.17, 15) is 9.90 Å². The molecule has 0 amide bonds. The Balaban J connectivity index is 2.00. The summed E-state index contributed by atoms with van der Waals surface area (Å²) >= 11 is 6.07. The van der Waals surface area contributed by atoms with Gasteiger partial charge in [0.2, 0.25) is 0 Å². The Kier molecular flexibility index (Phi) is 3.62. The topological polar surface area (TPSA) is 40.5 Å². The maximum atomic E-state index is 13.3. The van der Waals surface area contributed by atoms with Gasteiger partial charge in [-0.1, -0.05) is 18.0 Å². The van der Waals surface area contributed by atoms with E-state index in [2.05, 4.69) is 4.90 Å². The first kappa shape index (κ1) is 16.5. The normalized spacial score (nSPS) is 18.2. The molecule has 25 heavy (non-hydrogen) atoms. The largest absolute Gasteiger partial charge is 0.507 e. The zero-order valence-electron chi connectivity index (χ0n) is 14.8. The molecular weight excluding hydrogens is 334 g/mol. The Hall–Kier alpha value is -2.00. The number of phenols is 1. The van der Waals surface area contributed by atoms with Gasteiger partial charge in [0.25, 0.3) is 0 Å². The fraction of sp³-hybridized carbons (Fsp3) is 0.381. The predicted molar refractivity (Wildman–Crippen MR) is 101 cm³/mol. The summed E-state index contributed by atoms with van der Waals surface area (Å²) < 4.78 is 0. The van der Waals surface area contributed by atoms with Crippen LogP contribution in [0.3, 0.4) is 0 Å². The minimum Gasteiger partial charge on any atom is -0.507 e. The molecule has 130 valence electrons. The number of anilines is 2. The van der Waals surface area contributed by atoms with E-state index in [4.69, 9.17) is 11.6 Å². The number of halogens is 1. The Bertz CT molecular complexity index is 882. The Morgan fingerprint density at radius 3 is 2.24 bits per heavy atom. The van der Waals surface area contributed by atoms with Crippen molar-refractivity contribution in [2.75, 3.05) is 11.4 Å². The molecule has 0 bridgehead atoms. The zero-order chi connectivity index (χ0) is 17.9. The first-order valence-electron chi connectivity index (χ1n) is 8.76. The zero-order valence-corrected chi connectivity index (χ0v) is 15.6. The van der Waals surface area contributed by atoms with Gasteiger partial charge in [-0.05, 0) is 69.0 Å². The highest BCUT2D eigenvalue weighted by Gasteiger charge is 2.51. The fourth-order valence-electron chi connectivity index (χ4n) is 4.28. The van der Waals surface area contributed by atoms with Gasteiger partial charge in [-0.15, -0.1) is 0 Å². The lowest BCUT2D eigenvalue weighted by Crippen LogP contribution is -2.51. The number of rotatable bonds is 1. The predicted octanol–water partition coefficient (Wildman–Crippen LogP) is 5.48. The molecule has 0 saturated heterocycles. The summed E-state index contributed by atoms with van der Waals surface area (Å²) in [4.78, 5) is 15.6. The van der Waals surface area contributed by atoms with Crippen LogP contribution in [0.25, 0.3) is 0 Å². The van der Waals surface area contributed by atoms with Crippen LogP contribution in [0.2, 0.25) is 5.02 Å². The molecule has 4 heteroatoms. The molecule has 0 aromatic heterocycles. The lowest BCUT2D eigenvalue weighted by atomic mass is 9.61. The SMILES string of the molecule is Cc1c(C)c2c(c(C)c1O)C(=O)C1(CCC1)CN2c1ccc(Cl)cc1. The summed E-state index contributed by atoms with van der Waals surface area (Å²) in [5.41, 5.74) is 4.87. The molecule has 2 aliphatic rings. The molecule has 0 atom stereocenters. The van der Waals surface area contributed by atoms with E-state index >= 15 is 0 Å². The monoisotopic (exact) mass is 355 g/mol. The van der Waals surface area contributed by atoms with Crippen LogP contribution >= 0.6 is 11.6 Å². The van der Waals surface area contributed by atoms with E-state index in [1.807, 2.05) is 45.0 Å². The summed E-state index contributed by atoms with van der Waals surface area (Å²) in [6, 6.07) is 7.78. The van der Waals surface area contributed by atoms with Gasteiger partial charge in [-0.25, -0.2) is 0 Å². The summed E-state index contributed by atoms with van der Waals surface area (Å²) in [6.45, 7) is 6.46. The van der Waals surface area contributed by atoms with Gasteiger partial charge in [0, 0.05) is 28.4 Å². The van der Waals surface area contributed by atoms with Crippen LogP contribution < -0.4 is 4.90 Å². The molecular formula is C21H22ClNO2. The number of benzene rings is 2. The molecule has 0 radical (unpaired) electrons. The van der Waals surface area contributed by atoms with E-state index in [1.54, 1.807) is 0 Å². The van der Waals surface area contributed by atoms with Gasteiger partial charge in [0.1, 0.15) is 5.75 Å². The number of carbonyl (C=O) groups excluding carboxylic acids is 1.